The second-order valence-electron chi connectivity index (χ2n) is 5.74. The minimum Gasteiger partial charge on any atom is -0.280 e. The molecule has 0 radical (unpaired) electrons. The number of aromatic nitrogens is 1. The Bertz CT molecular complexity index is 933. The van der Waals surface area contributed by atoms with Crippen LogP contribution < -0.4 is 4.72 Å². The van der Waals surface area contributed by atoms with Crippen molar-refractivity contribution in [2.75, 3.05) is 4.72 Å². The Morgan fingerprint density at radius 3 is 2.38 bits per heavy atom. The molecule has 3 aromatic rings. The number of hydrogen-bond acceptors (Lipinski definition) is 3. The number of fused-ring (bicyclic) bond motifs is 1. The van der Waals surface area contributed by atoms with Crippen LogP contribution in [0.25, 0.3) is 10.8 Å². The number of halogens is 1. The number of benzene rings is 2. The van der Waals surface area contributed by atoms with Gasteiger partial charge in [0.1, 0.15) is 0 Å². The lowest BCUT2D eigenvalue weighted by Crippen LogP contribution is -2.13. The lowest BCUT2D eigenvalue weighted by Gasteiger charge is -2.11. The standard InChI is InChI=1S/C18H18N2O2S.ClH/c1-13(2)14-6-8-16(9-7-14)20-23(21,22)18-5-3-4-15-12-19-11-10-17(15)18;/h3-13,20H,1-2H3;1H. The van der Waals surface area contributed by atoms with Gasteiger partial charge in [0.05, 0.1) is 4.90 Å². The molecule has 0 unspecified atom stereocenters. The van der Waals surface area contributed by atoms with E-state index in [4.69, 9.17) is 0 Å². The Morgan fingerprint density at radius 1 is 1.00 bits per heavy atom. The second-order valence-corrected chi connectivity index (χ2v) is 7.39. The predicted molar refractivity (Wildman–Crippen MR) is 100 cm³/mol. The highest BCUT2D eigenvalue weighted by Gasteiger charge is 2.17. The second kappa shape index (κ2) is 7.20. The molecular formula is C18H19ClN2O2S. The highest BCUT2D eigenvalue weighted by Crippen LogP contribution is 2.25. The minimum atomic E-state index is -3.65. The maximum atomic E-state index is 12.7. The van der Waals surface area contributed by atoms with Crippen LogP contribution >= 0.6 is 12.4 Å². The van der Waals surface area contributed by atoms with Crippen molar-refractivity contribution in [2.45, 2.75) is 24.7 Å². The van der Waals surface area contributed by atoms with Crippen molar-refractivity contribution in [1.29, 1.82) is 0 Å². The van der Waals surface area contributed by atoms with Gasteiger partial charge >= 0.3 is 0 Å². The van der Waals surface area contributed by atoms with E-state index in [2.05, 4.69) is 23.6 Å². The molecule has 1 aromatic heterocycles. The van der Waals surface area contributed by atoms with E-state index >= 15 is 0 Å². The summed E-state index contributed by atoms with van der Waals surface area (Å²) in [6.07, 6.45) is 3.25. The van der Waals surface area contributed by atoms with Crippen LogP contribution in [0.15, 0.2) is 65.8 Å². The summed E-state index contributed by atoms with van der Waals surface area (Å²) < 4.78 is 28.1. The van der Waals surface area contributed by atoms with E-state index in [0.29, 0.717) is 17.0 Å². The van der Waals surface area contributed by atoms with Crippen LogP contribution in [-0.2, 0) is 10.0 Å². The van der Waals surface area contributed by atoms with Gasteiger partial charge in [-0.25, -0.2) is 8.42 Å². The molecule has 0 saturated carbocycles. The third-order valence-electron chi connectivity index (χ3n) is 3.76. The molecule has 0 spiro atoms. The summed E-state index contributed by atoms with van der Waals surface area (Å²) in [7, 11) is -3.65. The van der Waals surface area contributed by atoms with Crippen molar-refractivity contribution >= 4 is 38.9 Å². The normalized spacial score (nSPS) is 11.3. The SMILES string of the molecule is CC(C)c1ccc(NS(=O)(=O)c2cccc3cnccc23)cc1.Cl. The van der Waals surface area contributed by atoms with Crippen molar-refractivity contribution in [1.82, 2.24) is 4.98 Å². The number of nitrogens with zero attached hydrogens (tertiary/aromatic N) is 1. The monoisotopic (exact) mass is 362 g/mol. The third-order valence-corrected chi connectivity index (χ3v) is 5.20. The van der Waals surface area contributed by atoms with Crippen molar-refractivity contribution < 1.29 is 8.42 Å². The fraction of sp³-hybridized carbons (Fsp3) is 0.167. The number of rotatable bonds is 4. The van der Waals surface area contributed by atoms with Crippen LogP contribution in [-0.4, -0.2) is 13.4 Å². The molecule has 0 atom stereocenters. The molecule has 2 aromatic carbocycles. The molecule has 3 rings (SSSR count). The van der Waals surface area contributed by atoms with E-state index in [1.54, 1.807) is 42.7 Å². The molecule has 1 N–H and O–H groups in total. The van der Waals surface area contributed by atoms with Gasteiger partial charge < -0.3 is 0 Å². The van der Waals surface area contributed by atoms with Gasteiger partial charge in [0.25, 0.3) is 10.0 Å². The van der Waals surface area contributed by atoms with Crippen molar-refractivity contribution in [3.8, 4) is 0 Å². The Labute approximate surface area is 148 Å². The van der Waals surface area contributed by atoms with Crippen LogP contribution in [0.2, 0.25) is 0 Å². The average Bonchev–Trinajstić information content (AvgIpc) is 2.54. The topological polar surface area (TPSA) is 59.1 Å². The first-order valence-electron chi connectivity index (χ1n) is 7.43. The molecule has 6 heteroatoms. The van der Waals surface area contributed by atoms with Crippen molar-refractivity contribution in [2.24, 2.45) is 0 Å². The van der Waals surface area contributed by atoms with Gasteiger partial charge in [0, 0.05) is 28.9 Å². The summed E-state index contributed by atoms with van der Waals surface area (Å²) in [4.78, 5) is 4.29. The molecule has 0 bridgehead atoms. The summed E-state index contributed by atoms with van der Waals surface area (Å²) in [6.45, 7) is 4.20. The molecule has 24 heavy (non-hydrogen) atoms. The molecule has 0 saturated heterocycles. The summed E-state index contributed by atoms with van der Waals surface area (Å²) >= 11 is 0. The van der Waals surface area contributed by atoms with E-state index in [1.165, 1.54) is 5.56 Å². The molecule has 1 heterocycles. The number of pyridine rings is 1. The molecule has 4 nitrogen and oxygen atoms in total. The zero-order valence-electron chi connectivity index (χ0n) is 13.4. The van der Waals surface area contributed by atoms with Crippen molar-refractivity contribution in [3.63, 3.8) is 0 Å². The van der Waals surface area contributed by atoms with E-state index in [-0.39, 0.29) is 17.3 Å². The maximum Gasteiger partial charge on any atom is 0.262 e. The third kappa shape index (κ3) is 3.68. The largest absolute Gasteiger partial charge is 0.280 e. The molecule has 0 aliphatic heterocycles. The highest BCUT2D eigenvalue weighted by molar-refractivity contribution is 7.93. The van der Waals surface area contributed by atoms with E-state index in [1.807, 2.05) is 18.2 Å². The fourth-order valence-corrected chi connectivity index (χ4v) is 3.76. The zero-order valence-corrected chi connectivity index (χ0v) is 15.1. The molecule has 0 aliphatic rings. The van der Waals surface area contributed by atoms with E-state index in [9.17, 15) is 8.42 Å². The number of hydrogen-bond donors (Lipinski definition) is 1. The summed E-state index contributed by atoms with van der Waals surface area (Å²) in [6, 6.07) is 14.3. The van der Waals surface area contributed by atoms with Crippen LogP contribution in [0.5, 0.6) is 0 Å². The summed E-state index contributed by atoms with van der Waals surface area (Å²) in [5.41, 5.74) is 1.73. The van der Waals surface area contributed by atoms with Crippen LogP contribution in [0, 0.1) is 0 Å². The van der Waals surface area contributed by atoms with Gasteiger partial charge in [-0.15, -0.1) is 12.4 Å². The van der Waals surface area contributed by atoms with E-state index < -0.39 is 10.0 Å². The first-order valence-corrected chi connectivity index (χ1v) is 8.91. The lowest BCUT2D eigenvalue weighted by atomic mass is 10.0. The van der Waals surface area contributed by atoms with Gasteiger partial charge in [-0.05, 0) is 35.7 Å². The van der Waals surface area contributed by atoms with Gasteiger partial charge in [-0.1, -0.05) is 38.1 Å². The Morgan fingerprint density at radius 2 is 1.71 bits per heavy atom. The Balaban J connectivity index is 0.00000208. The van der Waals surface area contributed by atoms with Crippen LogP contribution in [0.4, 0.5) is 5.69 Å². The first-order chi connectivity index (χ1) is 11.0. The minimum absolute atomic E-state index is 0. The van der Waals surface area contributed by atoms with Crippen LogP contribution in [0.3, 0.4) is 0 Å². The number of sulfonamides is 1. The first kappa shape index (κ1) is 18.2. The number of anilines is 1. The highest BCUT2D eigenvalue weighted by atomic mass is 35.5. The summed E-state index contributed by atoms with van der Waals surface area (Å²) in [5.74, 6) is 0.409. The molecular weight excluding hydrogens is 344 g/mol. The Hall–Kier alpha value is -2.11. The predicted octanol–water partition coefficient (Wildman–Crippen LogP) is 4.58. The maximum absolute atomic E-state index is 12.7. The van der Waals surface area contributed by atoms with Gasteiger partial charge in [0.15, 0.2) is 0 Å². The molecule has 0 fully saturated rings. The lowest BCUT2D eigenvalue weighted by molar-refractivity contribution is 0.602. The molecule has 126 valence electrons. The van der Waals surface area contributed by atoms with Crippen molar-refractivity contribution in [3.05, 3.63) is 66.5 Å². The van der Waals surface area contributed by atoms with Gasteiger partial charge in [-0.3, -0.25) is 9.71 Å². The van der Waals surface area contributed by atoms with Crippen LogP contribution in [0.1, 0.15) is 25.3 Å². The van der Waals surface area contributed by atoms with Gasteiger partial charge in [-0.2, -0.15) is 0 Å². The molecule has 0 amide bonds. The average molecular weight is 363 g/mol. The van der Waals surface area contributed by atoms with Gasteiger partial charge in [0.2, 0.25) is 0 Å². The number of nitrogens with one attached hydrogen (secondary N) is 1. The fourth-order valence-electron chi connectivity index (χ4n) is 2.47. The van der Waals surface area contributed by atoms with E-state index in [0.717, 1.165) is 5.39 Å². The smallest absolute Gasteiger partial charge is 0.262 e. The Kier molecular flexibility index (Phi) is 5.47. The zero-order chi connectivity index (χ0) is 16.4. The quantitative estimate of drug-likeness (QED) is 0.738. The summed E-state index contributed by atoms with van der Waals surface area (Å²) in [5, 5.41) is 1.46. The molecule has 0 aliphatic carbocycles.